The van der Waals surface area contributed by atoms with Crippen molar-refractivity contribution in [3.05, 3.63) is 59.5 Å². The van der Waals surface area contributed by atoms with Gasteiger partial charge in [-0.05, 0) is 17.7 Å². The lowest BCUT2D eigenvalue weighted by molar-refractivity contribution is 0.0660. The first-order valence-corrected chi connectivity index (χ1v) is 4.61. The highest BCUT2D eigenvalue weighted by Crippen LogP contribution is 2.12. The van der Waals surface area contributed by atoms with E-state index in [4.69, 9.17) is 9.52 Å². The number of carboxylic acid groups (broad SMARTS) is 1. The third kappa shape index (κ3) is 2.87. The molecule has 16 heavy (non-hydrogen) atoms. The second-order valence-corrected chi connectivity index (χ2v) is 3.23. The summed E-state index contributed by atoms with van der Waals surface area (Å²) < 4.78 is 5.15. The first-order valence-electron chi connectivity index (χ1n) is 4.61. The Hall–Kier alpha value is -1.74. The Morgan fingerprint density at radius 1 is 1.12 bits per heavy atom. The summed E-state index contributed by atoms with van der Waals surface area (Å²) in [6.07, 6.45) is 0.619. The minimum absolute atomic E-state index is 0. The molecular weight excluding hydrogens is 228 g/mol. The highest BCUT2D eigenvalue weighted by Gasteiger charge is 2.08. The van der Waals surface area contributed by atoms with E-state index in [9.17, 15) is 4.79 Å². The van der Waals surface area contributed by atoms with Crippen LogP contribution in [0.1, 0.15) is 21.9 Å². The fourth-order valence-corrected chi connectivity index (χ4v) is 1.38. The molecule has 84 valence electrons. The van der Waals surface area contributed by atoms with Crippen LogP contribution < -0.4 is 0 Å². The van der Waals surface area contributed by atoms with Crippen LogP contribution in [0.15, 0.2) is 46.9 Å². The normalized spacial score (nSPS) is 9.50. The second kappa shape index (κ2) is 5.37. The molecule has 0 aliphatic heterocycles. The van der Waals surface area contributed by atoms with Gasteiger partial charge >= 0.3 is 5.97 Å². The van der Waals surface area contributed by atoms with Crippen molar-refractivity contribution in [3.63, 3.8) is 0 Å². The van der Waals surface area contributed by atoms with Gasteiger partial charge in [-0.2, -0.15) is 0 Å². The van der Waals surface area contributed by atoms with Gasteiger partial charge in [0.05, 0.1) is 0 Å². The number of hydrogen-bond acceptors (Lipinski definition) is 2. The molecule has 0 fully saturated rings. The van der Waals surface area contributed by atoms with Gasteiger partial charge in [0.15, 0.2) is 0 Å². The Kier molecular flexibility index (Phi) is 4.14. The summed E-state index contributed by atoms with van der Waals surface area (Å²) in [7, 11) is 0. The largest absolute Gasteiger partial charge is 0.475 e. The fourth-order valence-electron chi connectivity index (χ4n) is 1.38. The molecule has 0 saturated carbocycles. The van der Waals surface area contributed by atoms with Crippen molar-refractivity contribution in [2.24, 2.45) is 0 Å². The number of halogens is 1. The van der Waals surface area contributed by atoms with Gasteiger partial charge < -0.3 is 9.52 Å². The van der Waals surface area contributed by atoms with Gasteiger partial charge in [0.1, 0.15) is 5.76 Å². The molecule has 0 aliphatic carbocycles. The maximum Gasteiger partial charge on any atom is 0.371 e. The minimum atomic E-state index is -1.03. The van der Waals surface area contributed by atoms with Crippen LogP contribution >= 0.6 is 12.4 Å². The van der Waals surface area contributed by atoms with E-state index in [1.807, 2.05) is 30.3 Å². The second-order valence-electron chi connectivity index (χ2n) is 3.23. The number of benzene rings is 1. The van der Waals surface area contributed by atoms with Crippen LogP contribution in [0.4, 0.5) is 0 Å². The van der Waals surface area contributed by atoms with E-state index < -0.39 is 5.97 Å². The highest BCUT2D eigenvalue weighted by molar-refractivity contribution is 5.85. The fraction of sp³-hybridized carbons (Fsp3) is 0.0833. The van der Waals surface area contributed by atoms with E-state index in [0.29, 0.717) is 12.2 Å². The van der Waals surface area contributed by atoms with Gasteiger partial charge in [0, 0.05) is 6.42 Å². The lowest BCUT2D eigenvalue weighted by atomic mass is 10.1. The van der Waals surface area contributed by atoms with E-state index >= 15 is 0 Å². The summed E-state index contributed by atoms with van der Waals surface area (Å²) in [6, 6.07) is 12.9. The smallest absolute Gasteiger partial charge is 0.371 e. The van der Waals surface area contributed by atoms with Crippen LogP contribution in [0.2, 0.25) is 0 Å². The number of carboxylic acids is 1. The molecule has 1 heterocycles. The molecule has 0 spiro atoms. The molecule has 0 atom stereocenters. The Morgan fingerprint density at radius 2 is 1.81 bits per heavy atom. The zero-order chi connectivity index (χ0) is 10.7. The average Bonchev–Trinajstić information content (AvgIpc) is 2.68. The van der Waals surface area contributed by atoms with Crippen LogP contribution in [-0.2, 0) is 6.42 Å². The van der Waals surface area contributed by atoms with Gasteiger partial charge in [-0.25, -0.2) is 4.79 Å². The Labute approximate surface area is 99.1 Å². The highest BCUT2D eigenvalue weighted by atomic mass is 35.5. The van der Waals surface area contributed by atoms with Crippen molar-refractivity contribution >= 4 is 18.4 Å². The Bertz CT molecular complexity index is 462. The van der Waals surface area contributed by atoms with Crippen molar-refractivity contribution in [2.75, 3.05) is 0 Å². The third-order valence-electron chi connectivity index (χ3n) is 2.09. The number of carbonyl (C=O) groups is 1. The quantitative estimate of drug-likeness (QED) is 0.894. The molecule has 0 saturated heterocycles. The molecule has 3 nitrogen and oxygen atoms in total. The zero-order valence-corrected chi connectivity index (χ0v) is 9.24. The van der Waals surface area contributed by atoms with E-state index in [2.05, 4.69) is 0 Å². The maximum absolute atomic E-state index is 10.6. The minimum Gasteiger partial charge on any atom is -0.475 e. The molecule has 4 heteroatoms. The summed E-state index contributed by atoms with van der Waals surface area (Å²) in [5.74, 6) is -0.381. The van der Waals surface area contributed by atoms with Crippen molar-refractivity contribution in [1.82, 2.24) is 0 Å². The topological polar surface area (TPSA) is 50.4 Å². The van der Waals surface area contributed by atoms with Gasteiger partial charge in [-0.3, -0.25) is 0 Å². The lowest BCUT2D eigenvalue weighted by Gasteiger charge is -1.96. The summed E-state index contributed by atoms with van der Waals surface area (Å²) in [4.78, 5) is 10.6. The molecule has 0 amide bonds. The zero-order valence-electron chi connectivity index (χ0n) is 8.42. The summed E-state index contributed by atoms with van der Waals surface area (Å²) in [6.45, 7) is 0. The number of hydrogen-bond donors (Lipinski definition) is 1. The Balaban J connectivity index is 0.00000128. The van der Waals surface area contributed by atoms with E-state index in [0.717, 1.165) is 5.56 Å². The molecule has 0 aliphatic rings. The molecule has 2 rings (SSSR count). The van der Waals surface area contributed by atoms with Gasteiger partial charge in [-0.1, -0.05) is 30.3 Å². The molecule has 1 aromatic heterocycles. The van der Waals surface area contributed by atoms with E-state index in [1.54, 1.807) is 6.07 Å². The Morgan fingerprint density at radius 3 is 2.38 bits per heavy atom. The van der Waals surface area contributed by atoms with Gasteiger partial charge in [0.2, 0.25) is 5.76 Å². The predicted molar refractivity (Wildman–Crippen MR) is 62.2 cm³/mol. The third-order valence-corrected chi connectivity index (χ3v) is 2.09. The molecule has 1 N–H and O–H groups in total. The molecule has 0 bridgehead atoms. The monoisotopic (exact) mass is 238 g/mol. The van der Waals surface area contributed by atoms with Crippen LogP contribution in [-0.4, -0.2) is 11.1 Å². The van der Waals surface area contributed by atoms with Crippen LogP contribution in [0.5, 0.6) is 0 Å². The van der Waals surface area contributed by atoms with Crippen molar-refractivity contribution < 1.29 is 14.3 Å². The number of aromatic carboxylic acids is 1. The molecular formula is C12H11ClO3. The van der Waals surface area contributed by atoms with Crippen molar-refractivity contribution in [3.8, 4) is 0 Å². The van der Waals surface area contributed by atoms with Crippen molar-refractivity contribution in [1.29, 1.82) is 0 Å². The molecule has 0 radical (unpaired) electrons. The first kappa shape index (κ1) is 12.3. The maximum atomic E-state index is 10.6. The molecule has 2 aromatic rings. The van der Waals surface area contributed by atoms with E-state index in [-0.39, 0.29) is 18.2 Å². The van der Waals surface area contributed by atoms with Crippen LogP contribution in [0, 0.1) is 0 Å². The van der Waals surface area contributed by atoms with Gasteiger partial charge in [0.25, 0.3) is 0 Å². The number of furan rings is 1. The number of rotatable bonds is 3. The molecule has 0 unspecified atom stereocenters. The summed E-state index contributed by atoms with van der Waals surface area (Å²) in [5.41, 5.74) is 1.10. The standard InChI is InChI=1S/C12H10O3.ClH/c13-12(14)11-7-6-10(15-11)8-9-4-2-1-3-5-9;/h1-7H,8H2,(H,13,14);1H. The predicted octanol–water partition coefficient (Wildman–Crippen LogP) is 2.99. The van der Waals surface area contributed by atoms with Crippen molar-refractivity contribution in [2.45, 2.75) is 6.42 Å². The van der Waals surface area contributed by atoms with Crippen LogP contribution in [0.25, 0.3) is 0 Å². The van der Waals surface area contributed by atoms with E-state index in [1.165, 1.54) is 6.07 Å². The van der Waals surface area contributed by atoms with Crippen LogP contribution in [0.3, 0.4) is 0 Å². The summed E-state index contributed by atoms with van der Waals surface area (Å²) in [5, 5.41) is 8.67. The molecule has 1 aromatic carbocycles. The SMILES string of the molecule is Cl.O=C(O)c1ccc(Cc2ccccc2)o1. The first-order chi connectivity index (χ1) is 7.25. The van der Waals surface area contributed by atoms with Gasteiger partial charge in [-0.15, -0.1) is 12.4 Å². The lowest BCUT2D eigenvalue weighted by Crippen LogP contribution is -1.92. The summed E-state index contributed by atoms with van der Waals surface area (Å²) >= 11 is 0. The average molecular weight is 239 g/mol.